The molecule has 1 saturated heterocycles. The summed E-state index contributed by atoms with van der Waals surface area (Å²) in [6, 6.07) is 1.09. The number of hydrogen-bond donors (Lipinski definition) is 1. The van der Waals surface area contributed by atoms with Crippen LogP contribution in [0.3, 0.4) is 0 Å². The third-order valence-electron chi connectivity index (χ3n) is 4.20. The normalized spacial score (nSPS) is 21.9. The molecule has 1 N–H and O–H groups in total. The fourth-order valence-electron chi connectivity index (χ4n) is 2.65. The van der Waals surface area contributed by atoms with Crippen LogP contribution < -0.4 is 0 Å². The first-order valence-corrected chi connectivity index (χ1v) is 6.62. The van der Waals surface area contributed by atoms with Gasteiger partial charge in [-0.2, -0.15) is 4.39 Å². The quantitative estimate of drug-likeness (QED) is 0.866. The van der Waals surface area contributed by atoms with Gasteiger partial charge in [-0.25, -0.2) is 9.37 Å². The van der Waals surface area contributed by atoms with E-state index in [2.05, 4.69) is 4.98 Å². The Balaban J connectivity index is 2.27. The molecule has 1 fully saturated rings. The number of hydrogen-bond acceptors (Lipinski definition) is 3. The Labute approximate surface area is 120 Å². The zero-order valence-corrected chi connectivity index (χ0v) is 11.8. The van der Waals surface area contributed by atoms with Crippen molar-refractivity contribution in [2.45, 2.75) is 20.3 Å². The second-order valence-electron chi connectivity index (χ2n) is 5.56. The second-order valence-corrected chi connectivity index (χ2v) is 5.56. The molecule has 1 atom stereocenters. The van der Waals surface area contributed by atoms with E-state index in [0.29, 0.717) is 6.42 Å². The number of aliphatic carboxylic acids is 1. The Hall–Kier alpha value is -2.05. The molecule has 1 aromatic rings. The largest absolute Gasteiger partial charge is 0.481 e. The van der Waals surface area contributed by atoms with Gasteiger partial charge in [0.1, 0.15) is 0 Å². The molecule has 0 bridgehead atoms. The van der Waals surface area contributed by atoms with Crippen molar-refractivity contribution < 1.29 is 23.5 Å². The Morgan fingerprint density at radius 1 is 1.43 bits per heavy atom. The Morgan fingerprint density at radius 2 is 2.10 bits per heavy atom. The molecule has 1 amide bonds. The van der Waals surface area contributed by atoms with Gasteiger partial charge >= 0.3 is 5.97 Å². The number of aromatic nitrogens is 1. The van der Waals surface area contributed by atoms with Crippen molar-refractivity contribution in [3.8, 4) is 0 Å². The molecule has 0 aliphatic carbocycles. The van der Waals surface area contributed by atoms with E-state index < -0.39 is 34.6 Å². The molecule has 2 rings (SSSR count). The summed E-state index contributed by atoms with van der Waals surface area (Å²) in [6.45, 7) is 3.73. The van der Waals surface area contributed by atoms with Gasteiger partial charge in [0.15, 0.2) is 5.82 Å². The molecule has 0 spiro atoms. The zero-order chi connectivity index (χ0) is 15.8. The first kappa shape index (κ1) is 15.3. The van der Waals surface area contributed by atoms with E-state index >= 15 is 0 Å². The SMILES string of the molecule is CC(C)C1(C(=O)O)CCN(C(=O)c2ccnc(F)c2F)C1. The minimum Gasteiger partial charge on any atom is -0.481 e. The lowest BCUT2D eigenvalue weighted by Crippen LogP contribution is -2.40. The van der Waals surface area contributed by atoms with E-state index in [-0.39, 0.29) is 19.0 Å². The van der Waals surface area contributed by atoms with Gasteiger partial charge in [0.25, 0.3) is 5.91 Å². The number of amides is 1. The number of carbonyl (C=O) groups is 2. The summed E-state index contributed by atoms with van der Waals surface area (Å²) in [7, 11) is 0. The average Bonchev–Trinajstić information content (AvgIpc) is 2.87. The van der Waals surface area contributed by atoms with Gasteiger partial charge in [0.2, 0.25) is 5.95 Å². The molecule has 21 heavy (non-hydrogen) atoms. The first-order chi connectivity index (χ1) is 9.79. The van der Waals surface area contributed by atoms with Gasteiger partial charge in [-0.1, -0.05) is 13.8 Å². The van der Waals surface area contributed by atoms with E-state index in [0.717, 1.165) is 12.3 Å². The predicted molar refractivity (Wildman–Crippen MR) is 69.6 cm³/mol. The van der Waals surface area contributed by atoms with Gasteiger partial charge in [-0.05, 0) is 18.4 Å². The van der Waals surface area contributed by atoms with Crippen LogP contribution in [0.1, 0.15) is 30.6 Å². The lowest BCUT2D eigenvalue weighted by Gasteiger charge is -2.28. The van der Waals surface area contributed by atoms with Crippen molar-refractivity contribution in [2.75, 3.05) is 13.1 Å². The number of carboxylic acid groups (broad SMARTS) is 1. The summed E-state index contributed by atoms with van der Waals surface area (Å²) in [5, 5.41) is 9.42. The summed E-state index contributed by atoms with van der Waals surface area (Å²) in [5.74, 6) is -4.51. The van der Waals surface area contributed by atoms with Crippen LogP contribution in [0.2, 0.25) is 0 Å². The van der Waals surface area contributed by atoms with Gasteiger partial charge in [-0.15, -0.1) is 0 Å². The number of nitrogens with zero attached hydrogens (tertiary/aromatic N) is 2. The van der Waals surface area contributed by atoms with Crippen molar-refractivity contribution in [1.82, 2.24) is 9.88 Å². The summed E-state index contributed by atoms with van der Waals surface area (Å²) in [5.41, 5.74) is -1.47. The maximum atomic E-state index is 13.6. The molecule has 1 aliphatic rings. The lowest BCUT2D eigenvalue weighted by atomic mass is 9.76. The highest BCUT2D eigenvalue weighted by Crippen LogP contribution is 2.38. The summed E-state index contributed by atoms with van der Waals surface area (Å²) >= 11 is 0. The van der Waals surface area contributed by atoms with Crippen LogP contribution in [0.25, 0.3) is 0 Å². The van der Waals surface area contributed by atoms with E-state index in [4.69, 9.17) is 0 Å². The fourth-order valence-corrected chi connectivity index (χ4v) is 2.65. The highest BCUT2D eigenvalue weighted by molar-refractivity contribution is 5.95. The molecule has 7 heteroatoms. The van der Waals surface area contributed by atoms with Crippen LogP contribution >= 0.6 is 0 Å². The maximum absolute atomic E-state index is 13.6. The number of likely N-dealkylation sites (tertiary alicyclic amines) is 1. The van der Waals surface area contributed by atoms with Gasteiger partial charge < -0.3 is 10.0 Å². The second kappa shape index (κ2) is 5.38. The highest BCUT2D eigenvalue weighted by atomic mass is 19.2. The monoisotopic (exact) mass is 298 g/mol. The molecule has 114 valence electrons. The standard InChI is InChI=1S/C14H16F2N2O3/c1-8(2)14(13(20)21)4-6-18(7-14)12(19)9-3-5-17-11(16)10(9)15/h3,5,8H,4,6-7H2,1-2H3,(H,20,21). The third kappa shape index (κ3) is 2.48. The number of carbonyl (C=O) groups excluding carboxylic acids is 1. The summed E-state index contributed by atoms with van der Waals surface area (Å²) < 4.78 is 26.7. The molecule has 5 nitrogen and oxygen atoms in total. The minimum atomic E-state index is -1.34. The summed E-state index contributed by atoms with van der Waals surface area (Å²) in [6.07, 6.45) is 1.30. The summed E-state index contributed by atoms with van der Waals surface area (Å²) in [4.78, 5) is 28.1. The average molecular weight is 298 g/mol. The first-order valence-electron chi connectivity index (χ1n) is 6.62. The van der Waals surface area contributed by atoms with E-state index in [9.17, 15) is 23.5 Å². The Bertz CT molecular complexity index is 592. The van der Waals surface area contributed by atoms with Gasteiger partial charge in [-0.3, -0.25) is 9.59 Å². The molecular weight excluding hydrogens is 282 g/mol. The van der Waals surface area contributed by atoms with Crippen LogP contribution in [0.5, 0.6) is 0 Å². The molecule has 0 saturated carbocycles. The highest BCUT2D eigenvalue weighted by Gasteiger charge is 2.48. The topological polar surface area (TPSA) is 70.5 Å². The molecule has 0 aromatic carbocycles. The van der Waals surface area contributed by atoms with Gasteiger partial charge in [0, 0.05) is 19.3 Å². The van der Waals surface area contributed by atoms with E-state index in [1.807, 2.05) is 0 Å². The molecule has 1 unspecified atom stereocenters. The maximum Gasteiger partial charge on any atom is 0.311 e. The fraction of sp³-hybridized carbons (Fsp3) is 0.500. The third-order valence-corrected chi connectivity index (χ3v) is 4.20. The van der Waals surface area contributed by atoms with E-state index in [1.54, 1.807) is 13.8 Å². The molecule has 1 aromatic heterocycles. The van der Waals surface area contributed by atoms with Crippen molar-refractivity contribution in [3.05, 3.63) is 29.6 Å². The molecular formula is C14H16F2N2O3. The lowest BCUT2D eigenvalue weighted by molar-refractivity contribution is -0.150. The van der Waals surface area contributed by atoms with Crippen LogP contribution in [-0.2, 0) is 4.79 Å². The molecule has 1 aliphatic heterocycles. The predicted octanol–water partition coefficient (Wildman–Crippen LogP) is 1.93. The van der Waals surface area contributed by atoms with E-state index in [1.165, 1.54) is 4.90 Å². The molecule has 0 radical (unpaired) electrons. The van der Waals surface area contributed by atoms with Gasteiger partial charge in [0.05, 0.1) is 11.0 Å². The number of pyridine rings is 1. The van der Waals surface area contributed by atoms with Crippen molar-refractivity contribution in [1.29, 1.82) is 0 Å². The molecule has 2 heterocycles. The zero-order valence-electron chi connectivity index (χ0n) is 11.8. The smallest absolute Gasteiger partial charge is 0.311 e. The Morgan fingerprint density at radius 3 is 2.62 bits per heavy atom. The van der Waals surface area contributed by atoms with Crippen molar-refractivity contribution in [3.63, 3.8) is 0 Å². The number of rotatable bonds is 3. The number of carboxylic acids is 1. The minimum absolute atomic E-state index is 0.0117. The van der Waals surface area contributed by atoms with Crippen molar-refractivity contribution in [2.24, 2.45) is 11.3 Å². The van der Waals surface area contributed by atoms with Crippen molar-refractivity contribution >= 4 is 11.9 Å². The van der Waals surface area contributed by atoms with Crippen LogP contribution in [-0.4, -0.2) is 40.0 Å². The van der Waals surface area contributed by atoms with Crippen LogP contribution in [0, 0.1) is 23.1 Å². The van der Waals surface area contributed by atoms with Crippen LogP contribution in [0.15, 0.2) is 12.3 Å². The Kier molecular flexibility index (Phi) is 3.93. The van der Waals surface area contributed by atoms with Crippen LogP contribution in [0.4, 0.5) is 8.78 Å². The number of halogens is 2.